The fourth-order valence-corrected chi connectivity index (χ4v) is 3.17. The largest absolute Gasteiger partial charge is 0.489 e. The highest BCUT2D eigenvalue weighted by Crippen LogP contribution is 2.31. The van der Waals surface area contributed by atoms with Gasteiger partial charge in [-0.05, 0) is 34.4 Å². The molecule has 1 heteroatoms. The lowest BCUT2D eigenvalue weighted by molar-refractivity contribution is 0.306. The minimum absolute atomic E-state index is 0.578. The Hall–Kier alpha value is -3.32. The van der Waals surface area contributed by atoms with E-state index in [4.69, 9.17) is 4.74 Å². The number of hydrogen-bond donors (Lipinski definition) is 0. The molecular weight excluding hydrogens is 328 g/mol. The predicted octanol–water partition coefficient (Wildman–Crippen LogP) is 6.28. The summed E-state index contributed by atoms with van der Waals surface area (Å²) in [7, 11) is 0. The predicted molar refractivity (Wildman–Crippen MR) is 111 cm³/mol. The monoisotopic (exact) mass is 349 g/mol. The van der Waals surface area contributed by atoms with Crippen molar-refractivity contribution in [2.75, 3.05) is 0 Å². The van der Waals surface area contributed by atoms with Crippen molar-refractivity contribution in [2.24, 2.45) is 0 Å². The third-order valence-electron chi connectivity index (χ3n) is 4.52. The van der Waals surface area contributed by atoms with E-state index in [1.54, 1.807) is 0 Å². The van der Waals surface area contributed by atoms with Gasteiger partial charge in [-0.15, -0.1) is 0 Å². The summed E-state index contributed by atoms with van der Waals surface area (Å²) in [6.07, 6.45) is 0. The molecule has 4 rings (SSSR count). The number of rotatable bonds is 6. The Morgan fingerprint density at radius 2 is 0.926 bits per heavy atom. The Bertz CT molecular complexity index is 906. The molecule has 0 saturated carbocycles. The summed E-state index contributed by atoms with van der Waals surface area (Å²) < 4.78 is 5.93. The fourth-order valence-electron chi connectivity index (χ4n) is 3.17. The summed E-state index contributed by atoms with van der Waals surface area (Å²) in [4.78, 5) is 0. The van der Waals surface area contributed by atoms with Gasteiger partial charge in [-0.3, -0.25) is 0 Å². The molecule has 4 aromatic carbocycles. The van der Waals surface area contributed by atoms with E-state index in [1.807, 2.05) is 42.5 Å². The molecule has 0 aliphatic rings. The van der Waals surface area contributed by atoms with E-state index >= 15 is 0 Å². The average Bonchev–Trinajstić information content (AvgIpc) is 2.76. The van der Waals surface area contributed by atoms with E-state index in [-0.39, 0.29) is 0 Å². The maximum absolute atomic E-state index is 5.93. The molecule has 27 heavy (non-hydrogen) atoms. The van der Waals surface area contributed by atoms with Crippen molar-refractivity contribution >= 4 is 0 Å². The van der Waals surface area contributed by atoms with Gasteiger partial charge in [-0.2, -0.15) is 0 Å². The molecule has 0 unspecified atom stereocenters. The summed E-state index contributed by atoms with van der Waals surface area (Å²) in [6.45, 7) is 0.578. The van der Waals surface area contributed by atoms with Gasteiger partial charge in [0.1, 0.15) is 12.4 Å². The Kier molecular flexibility index (Phi) is 5.31. The van der Waals surface area contributed by atoms with Crippen LogP contribution in [0.25, 0.3) is 0 Å². The van der Waals surface area contributed by atoms with Crippen LogP contribution in [0.2, 0.25) is 0 Å². The third kappa shape index (κ3) is 4.27. The van der Waals surface area contributed by atoms with Gasteiger partial charge in [0.15, 0.2) is 0 Å². The molecule has 0 bridgehead atoms. The average molecular weight is 349 g/mol. The van der Waals surface area contributed by atoms with Crippen molar-refractivity contribution in [3.63, 3.8) is 0 Å². The maximum atomic E-state index is 5.93. The van der Waals surface area contributed by atoms with Gasteiger partial charge in [-0.25, -0.2) is 0 Å². The molecule has 0 atom stereocenters. The zero-order chi connectivity index (χ0) is 18.3. The van der Waals surface area contributed by atoms with Crippen molar-refractivity contribution < 1.29 is 4.74 Å². The van der Waals surface area contributed by atoms with Crippen LogP contribution in [0.5, 0.6) is 5.75 Å². The summed E-state index contributed by atoms with van der Waals surface area (Å²) in [5.41, 5.74) is 4.77. The second-order valence-electron chi connectivity index (χ2n) is 6.41. The SMILES string of the molecule is c1ccc(COc2ccc([C](c3ccccc3)c3ccccc3)cc2)cc1. The lowest BCUT2D eigenvalue weighted by atomic mass is 9.85. The van der Waals surface area contributed by atoms with E-state index in [0.29, 0.717) is 6.61 Å². The smallest absolute Gasteiger partial charge is 0.119 e. The van der Waals surface area contributed by atoms with Crippen molar-refractivity contribution in [2.45, 2.75) is 6.61 Å². The number of hydrogen-bond acceptors (Lipinski definition) is 1. The van der Waals surface area contributed by atoms with Gasteiger partial charge < -0.3 is 4.74 Å². The normalized spacial score (nSPS) is 10.7. The molecule has 0 fully saturated rings. The van der Waals surface area contributed by atoms with Crippen LogP contribution in [0, 0.1) is 5.92 Å². The van der Waals surface area contributed by atoms with E-state index < -0.39 is 0 Å². The third-order valence-corrected chi connectivity index (χ3v) is 4.52. The molecule has 1 nitrogen and oxygen atoms in total. The molecule has 0 saturated heterocycles. The summed E-state index contributed by atoms with van der Waals surface area (Å²) in [6, 6.07) is 39.6. The minimum atomic E-state index is 0.578. The van der Waals surface area contributed by atoms with Crippen LogP contribution in [-0.4, -0.2) is 0 Å². The Morgan fingerprint density at radius 3 is 1.44 bits per heavy atom. The van der Waals surface area contributed by atoms with Crippen LogP contribution in [0.15, 0.2) is 115 Å². The molecule has 1 radical (unpaired) electrons. The Morgan fingerprint density at radius 1 is 0.481 bits per heavy atom. The molecule has 0 N–H and O–H groups in total. The van der Waals surface area contributed by atoms with Gasteiger partial charge in [-0.1, -0.05) is 103 Å². The first-order valence-corrected chi connectivity index (χ1v) is 9.15. The first-order valence-electron chi connectivity index (χ1n) is 9.15. The minimum Gasteiger partial charge on any atom is -0.489 e. The van der Waals surface area contributed by atoms with Crippen LogP contribution in [0.3, 0.4) is 0 Å². The van der Waals surface area contributed by atoms with E-state index in [2.05, 4.69) is 72.8 Å². The number of benzene rings is 4. The van der Waals surface area contributed by atoms with Gasteiger partial charge >= 0.3 is 0 Å². The highest BCUT2D eigenvalue weighted by Gasteiger charge is 2.17. The van der Waals surface area contributed by atoms with Gasteiger partial charge in [0.05, 0.1) is 5.92 Å². The lowest BCUT2D eigenvalue weighted by Gasteiger charge is -2.18. The quantitative estimate of drug-likeness (QED) is 0.372. The summed E-state index contributed by atoms with van der Waals surface area (Å²) >= 11 is 0. The molecule has 0 amide bonds. The summed E-state index contributed by atoms with van der Waals surface area (Å²) in [5, 5.41) is 0. The van der Waals surface area contributed by atoms with Crippen molar-refractivity contribution in [3.8, 4) is 5.75 Å². The molecule has 0 heterocycles. The standard InChI is InChI=1S/C26H21O/c1-4-10-21(11-5-1)20-27-25-18-16-24(17-19-25)26(22-12-6-2-7-13-22)23-14-8-3-9-15-23/h1-19H,20H2. The van der Waals surface area contributed by atoms with Crippen LogP contribution < -0.4 is 4.74 Å². The van der Waals surface area contributed by atoms with Crippen molar-refractivity contribution in [1.82, 2.24) is 0 Å². The zero-order valence-corrected chi connectivity index (χ0v) is 15.1. The van der Waals surface area contributed by atoms with Crippen LogP contribution in [0.4, 0.5) is 0 Å². The van der Waals surface area contributed by atoms with Crippen LogP contribution >= 0.6 is 0 Å². The van der Waals surface area contributed by atoms with Gasteiger partial charge in [0.25, 0.3) is 0 Å². The molecule has 0 aliphatic carbocycles. The Balaban J connectivity index is 1.58. The van der Waals surface area contributed by atoms with E-state index in [9.17, 15) is 0 Å². The van der Waals surface area contributed by atoms with Gasteiger partial charge in [0, 0.05) is 0 Å². The van der Waals surface area contributed by atoms with E-state index in [0.717, 1.165) is 5.75 Å². The molecule has 131 valence electrons. The second-order valence-corrected chi connectivity index (χ2v) is 6.41. The van der Waals surface area contributed by atoms with Gasteiger partial charge in [0.2, 0.25) is 0 Å². The topological polar surface area (TPSA) is 9.23 Å². The lowest BCUT2D eigenvalue weighted by Crippen LogP contribution is -2.04. The zero-order valence-electron chi connectivity index (χ0n) is 15.1. The molecule has 4 aromatic rings. The van der Waals surface area contributed by atoms with Crippen LogP contribution in [0.1, 0.15) is 22.3 Å². The highest BCUT2D eigenvalue weighted by molar-refractivity contribution is 5.57. The highest BCUT2D eigenvalue weighted by atomic mass is 16.5. The van der Waals surface area contributed by atoms with Crippen molar-refractivity contribution in [3.05, 3.63) is 143 Å². The van der Waals surface area contributed by atoms with E-state index in [1.165, 1.54) is 28.2 Å². The molecule has 0 aromatic heterocycles. The number of ether oxygens (including phenoxy) is 1. The molecule has 0 spiro atoms. The summed E-state index contributed by atoms with van der Waals surface area (Å²) in [5.74, 6) is 2.11. The first kappa shape index (κ1) is 17.1. The van der Waals surface area contributed by atoms with Crippen molar-refractivity contribution in [1.29, 1.82) is 0 Å². The first-order chi connectivity index (χ1) is 13.4. The fraction of sp³-hybridized carbons (Fsp3) is 0.0385. The molecular formula is C26H21O. The van der Waals surface area contributed by atoms with Crippen LogP contribution in [-0.2, 0) is 6.61 Å². The maximum Gasteiger partial charge on any atom is 0.119 e. The Labute approximate surface area is 160 Å². The second kappa shape index (κ2) is 8.37. The molecule has 0 aliphatic heterocycles.